The van der Waals surface area contributed by atoms with Crippen LogP contribution in [-0.4, -0.2) is 26.3 Å². The van der Waals surface area contributed by atoms with Crippen molar-refractivity contribution in [1.82, 2.24) is 5.32 Å². The van der Waals surface area contributed by atoms with Crippen molar-refractivity contribution in [2.24, 2.45) is 0 Å². The summed E-state index contributed by atoms with van der Waals surface area (Å²) in [4.78, 5) is 1.87. The summed E-state index contributed by atoms with van der Waals surface area (Å²) in [5.41, 5.74) is 1.38. The summed E-state index contributed by atoms with van der Waals surface area (Å²) in [7, 11) is 1.86. The Bertz CT molecular complexity index is 540. The van der Waals surface area contributed by atoms with Gasteiger partial charge in [0.1, 0.15) is 0 Å². The van der Waals surface area contributed by atoms with Crippen molar-refractivity contribution in [3.05, 3.63) is 40.4 Å². The maximum atomic E-state index is 12.6. The lowest BCUT2D eigenvalue weighted by Gasteiger charge is -2.30. The molecule has 2 rings (SSSR count). The van der Waals surface area contributed by atoms with Crippen molar-refractivity contribution in [2.75, 3.05) is 25.0 Å². The van der Waals surface area contributed by atoms with Gasteiger partial charge in [-0.05, 0) is 38.1 Å². The van der Waals surface area contributed by atoms with Crippen molar-refractivity contribution >= 4 is 17.3 Å². The first-order valence-electron chi connectivity index (χ1n) is 6.81. The van der Waals surface area contributed by atoms with E-state index < -0.39 is 11.7 Å². The Morgan fingerprint density at radius 2 is 2.05 bits per heavy atom. The molecule has 0 aliphatic carbocycles. The Morgan fingerprint density at radius 3 is 2.52 bits per heavy atom. The largest absolute Gasteiger partial charge is 0.412 e. The van der Waals surface area contributed by atoms with E-state index in [0.717, 1.165) is 11.3 Å². The van der Waals surface area contributed by atoms with E-state index in [-0.39, 0.29) is 19.0 Å². The number of nitrogens with one attached hydrogen (secondary N) is 1. The van der Waals surface area contributed by atoms with Gasteiger partial charge in [0, 0.05) is 24.7 Å². The summed E-state index contributed by atoms with van der Waals surface area (Å²) in [6.45, 7) is 2.58. The maximum Gasteiger partial charge on any atom is 0.412 e. The van der Waals surface area contributed by atoms with E-state index in [1.165, 1.54) is 6.08 Å². The number of benzene rings is 1. The molecule has 1 N–H and O–H groups in total. The molecule has 1 aromatic rings. The molecular formula is C15H18ClF3N2. The molecule has 0 fully saturated rings. The maximum absolute atomic E-state index is 12.6. The van der Waals surface area contributed by atoms with E-state index in [2.05, 4.69) is 5.32 Å². The first-order chi connectivity index (χ1) is 9.82. The Hall–Kier alpha value is -1.20. The summed E-state index contributed by atoms with van der Waals surface area (Å²) >= 11 is 6.28. The SMILES string of the molecule is CNC(C)c1ccc(N2CC=C(C(F)(F)F)CC2)c(Cl)c1. The molecule has 0 amide bonds. The van der Waals surface area contributed by atoms with Gasteiger partial charge in [0.2, 0.25) is 0 Å². The highest BCUT2D eigenvalue weighted by Gasteiger charge is 2.34. The zero-order valence-electron chi connectivity index (χ0n) is 12.0. The van der Waals surface area contributed by atoms with Crippen LogP contribution >= 0.6 is 11.6 Å². The van der Waals surface area contributed by atoms with Gasteiger partial charge in [-0.2, -0.15) is 13.2 Å². The van der Waals surface area contributed by atoms with Crippen LogP contribution in [0.1, 0.15) is 24.9 Å². The molecule has 0 aromatic heterocycles. The van der Waals surface area contributed by atoms with Crippen LogP contribution < -0.4 is 10.2 Å². The van der Waals surface area contributed by atoms with Crippen LogP contribution in [0, 0.1) is 0 Å². The van der Waals surface area contributed by atoms with Gasteiger partial charge in [-0.1, -0.05) is 23.7 Å². The highest BCUT2D eigenvalue weighted by Crippen LogP contribution is 2.34. The number of alkyl halides is 3. The Balaban J connectivity index is 2.16. The third kappa shape index (κ3) is 3.71. The minimum Gasteiger partial charge on any atom is -0.366 e. The fourth-order valence-electron chi connectivity index (χ4n) is 2.36. The fraction of sp³-hybridized carbons (Fsp3) is 0.467. The Labute approximate surface area is 127 Å². The third-order valence-corrected chi connectivity index (χ3v) is 4.12. The minimum atomic E-state index is -4.22. The van der Waals surface area contributed by atoms with Gasteiger partial charge in [0.05, 0.1) is 10.7 Å². The van der Waals surface area contributed by atoms with E-state index >= 15 is 0 Å². The molecule has 21 heavy (non-hydrogen) atoms. The molecule has 116 valence electrons. The van der Waals surface area contributed by atoms with Crippen LogP contribution in [0.4, 0.5) is 18.9 Å². The number of hydrogen-bond acceptors (Lipinski definition) is 2. The molecule has 2 nitrogen and oxygen atoms in total. The highest BCUT2D eigenvalue weighted by molar-refractivity contribution is 6.33. The molecule has 0 spiro atoms. The number of nitrogens with zero attached hydrogens (tertiary/aromatic N) is 1. The van der Waals surface area contributed by atoms with Crippen LogP contribution in [0.2, 0.25) is 5.02 Å². The quantitative estimate of drug-likeness (QED) is 0.835. The van der Waals surface area contributed by atoms with Gasteiger partial charge in [-0.15, -0.1) is 0 Å². The summed E-state index contributed by atoms with van der Waals surface area (Å²) < 4.78 is 37.8. The highest BCUT2D eigenvalue weighted by atomic mass is 35.5. The molecule has 1 atom stereocenters. The molecule has 0 saturated heterocycles. The van der Waals surface area contributed by atoms with Gasteiger partial charge < -0.3 is 10.2 Å². The molecule has 6 heteroatoms. The molecule has 1 aliphatic heterocycles. The number of hydrogen-bond donors (Lipinski definition) is 1. The van der Waals surface area contributed by atoms with E-state index in [1.807, 2.05) is 37.1 Å². The lowest BCUT2D eigenvalue weighted by atomic mass is 10.1. The first kappa shape index (κ1) is 16.2. The first-order valence-corrected chi connectivity index (χ1v) is 7.18. The summed E-state index contributed by atoms with van der Waals surface area (Å²) in [6.07, 6.45) is -2.99. The van der Waals surface area contributed by atoms with Crippen LogP contribution in [0.3, 0.4) is 0 Å². The van der Waals surface area contributed by atoms with Crippen LogP contribution in [-0.2, 0) is 0 Å². The number of rotatable bonds is 3. The van der Waals surface area contributed by atoms with Crippen molar-refractivity contribution in [2.45, 2.75) is 25.6 Å². The van der Waals surface area contributed by atoms with Crippen LogP contribution in [0.25, 0.3) is 0 Å². The zero-order chi connectivity index (χ0) is 15.6. The minimum absolute atomic E-state index is 0.00546. The predicted molar refractivity (Wildman–Crippen MR) is 79.9 cm³/mol. The van der Waals surface area contributed by atoms with Crippen molar-refractivity contribution in [3.8, 4) is 0 Å². The summed E-state index contributed by atoms with van der Waals surface area (Å²) in [6, 6.07) is 5.86. The average Bonchev–Trinajstić information content (AvgIpc) is 2.45. The van der Waals surface area contributed by atoms with Crippen molar-refractivity contribution < 1.29 is 13.2 Å². The monoisotopic (exact) mass is 318 g/mol. The normalized spacial score (nSPS) is 17.6. The lowest BCUT2D eigenvalue weighted by Crippen LogP contribution is -2.32. The molecule has 1 aliphatic rings. The second kappa shape index (κ2) is 6.28. The van der Waals surface area contributed by atoms with Crippen molar-refractivity contribution in [3.63, 3.8) is 0 Å². The molecule has 0 bridgehead atoms. The van der Waals surface area contributed by atoms with Gasteiger partial charge >= 0.3 is 6.18 Å². The third-order valence-electron chi connectivity index (χ3n) is 3.82. The predicted octanol–water partition coefficient (Wildman–Crippen LogP) is 4.32. The fourth-order valence-corrected chi connectivity index (χ4v) is 2.67. The number of anilines is 1. The smallest absolute Gasteiger partial charge is 0.366 e. The van der Waals surface area contributed by atoms with E-state index in [9.17, 15) is 13.2 Å². The average molecular weight is 319 g/mol. The van der Waals surface area contributed by atoms with Crippen molar-refractivity contribution in [1.29, 1.82) is 0 Å². The summed E-state index contributed by atoms with van der Waals surface area (Å²) in [5, 5.41) is 3.69. The van der Waals surface area contributed by atoms with E-state index in [4.69, 9.17) is 11.6 Å². The lowest BCUT2D eigenvalue weighted by molar-refractivity contribution is -0.0943. The van der Waals surface area contributed by atoms with Gasteiger partial charge in [0.15, 0.2) is 0 Å². The molecular weight excluding hydrogens is 301 g/mol. The molecule has 1 unspecified atom stereocenters. The van der Waals surface area contributed by atoms with Gasteiger partial charge in [-0.3, -0.25) is 0 Å². The molecule has 0 radical (unpaired) electrons. The topological polar surface area (TPSA) is 15.3 Å². The second-order valence-corrected chi connectivity index (χ2v) is 5.55. The Morgan fingerprint density at radius 1 is 1.33 bits per heavy atom. The molecule has 1 heterocycles. The standard InChI is InChI=1S/C15H18ClF3N2/c1-10(20-2)11-3-4-14(13(16)9-11)21-7-5-12(6-8-21)15(17,18)19/h3-5,9-10,20H,6-8H2,1-2H3. The van der Waals surface area contributed by atoms with Gasteiger partial charge in [-0.25, -0.2) is 0 Å². The van der Waals surface area contributed by atoms with Gasteiger partial charge in [0.25, 0.3) is 0 Å². The van der Waals surface area contributed by atoms with E-state index in [1.54, 1.807) is 0 Å². The number of halogens is 4. The van der Waals surface area contributed by atoms with Crippen LogP contribution in [0.15, 0.2) is 29.8 Å². The Kier molecular flexibility index (Phi) is 4.84. The molecule has 0 saturated carbocycles. The van der Waals surface area contributed by atoms with Crippen LogP contribution in [0.5, 0.6) is 0 Å². The summed E-state index contributed by atoms with van der Waals surface area (Å²) in [5.74, 6) is 0. The van der Waals surface area contributed by atoms with E-state index in [0.29, 0.717) is 11.6 Å². The molecule has 1 aromatic carbocycles. The second-order valence-electron chi connectivity index (χ2n) is 5.14. The zero-order valence-corrected chi connectivity index (χ0v) is 12.7.